The number of fused-ring (bicyclic) bond motifs is 5. The first kappa shape index (κ1) is 38.1. The molecule has 15 heteroatoms. The molecule has 2 aromatic rings. The van der Waals surface area contributed by atoms with E-state index in [0.717, 1.165) is 48.7 Å². The van der Waals surface area contributed by atoms with Crippen molar-refractivity contribution in [2.45, 2.75) is 133 Å². The lowest BCUT2D eigenvalue weighted by molar-refractivity contribution is -0.143. The largest absolute Gasteiger partial charge is 0.497 e. The highest BCUT2D eigenvalue weighted by Gasteiger charge is 2.62. The lowest BCUT2D eigenvalue weighted by Crippen LogP contribution is -2.60. The molecule has 294 valence electrons. The zero-order chi connectivity index (χ0) is 38.6. The van der Waals surface area contributed by atoms with Crippen molar-refractivity contribution in [3.8, 4) is 11.5 Å². The monoisotopic (exact) mass is 767 g/mol. The van der Waals surface area contributed by atoms with Crippen LogP contribution in [0.1, 0.15) is 97.6 Å². The molecular weight excluding hydrogens is 715 g/mol. The van der Waals surface area contributed by atoms with Gasteiger partial charge in [0.15, 0.2) is 0 Å². The predicted molar refractivity (Wildman–Crippen MR) is 199 cm³/mol. The van der Waals surface area contributed by atoms with Crippen molar-refractivity contribution in [2.24, 2.45) is 17.3 Å². The number of amides is 4. The average molecular weight is 768 g/mol. The molecule has 0 spiro atoms. The van der Waals surface area contributed by atoms with Gasteiger partial charge in [0.25, 0.3) is 5.91 Å². The van der Waals surface area contributed by atoms with E-state index in [9.17, 15) is 27.6 Å². The number of aryl methyl sites for hydroxylation is 1. The number of sulfonamides is 1. The molecule has 14 nitrogen and oxygen atoms in total. The van der Waals surface area contributed by atoms with E-state index in [1.165, 1.54) is 4.90 Å². The van der Waals surface area contributed by atoms with Crippen LogP contribution in [0.15, 0.2) is 24.3 Å². The number of aromatic nitrogens is 1. The Labute approximate surface area is 316 Å². The molecule has 3 N–H and O–H groups in total. The number of ether oxygens (including phenoxy) is 3. The van der Waals surface area contributed by atoms with Crippen molar-refractivity contribution in [2.75, 3.05) is 13.7 Å². The van der Waals surface area contributed by atoms with Crippen LogP contribution >= 0.6 is 0 Å². The van der Waals surface area contributed by atoms with Crippen LogP contribution in [0, 0.1) is 17.3 Å². The molecule has 54 heavy (non-hydrogen) atoms. The molecule has 4 fully saturated rings. The van der Waals surface area contributed by atoms with Crippen molar-refractivity contribution in [3.63, 3.8) is 0 Å². The molecule has 1 aromatic carbocycles. The third-order valence-corrected chi connectivity index (χ3v) is 13.5. The van der Waals surface area contributed by atoms with Gasteiger partial charge in [0.05, 0.1) is 30.1 Å². The van der Waals surface area contributed by atoms with Gasteiger partial charge >= 0.3 is 6.09 Å². The Morgan fingerprint density at radius 3 is 2.54 bits per heavy atom. The summed E-state index contributed by atoms with van der Waals surface area (Å²) in [6.07, 6.45) is 5.55. The molecule has 0 radical (unpaired) electrons. The van der Waals surface area contributed by atoms with E-state index in [4.69, 9.17) is 19.2 Å². The van der Waals surface area contributed by atoms with Crippen molar-refractivity contribution in [3.05, 3.63) is 30.0 Å². The molecule has 2 aliphatic heterocycles. The second-order valence-electron chi connectivity index (χ2n) is 16.9. The van der Waals surface area contributed by atoms with Crippen molar-refractivity contribution >= 4 is 44.7 Å². The maximum absolute atomic E-state index is 14.6. The maximum atomic E-state index is 14.6. The third-order valence-electron chi connectivity index (χ3n) is 11.7. The second kappa shape index (κ2) is 14.5. The lowest BCUT2D eigenvalue weighted by atomic mass is 9.85. The molecule has 7 atom stereocenters. The van der Waals surface area contributed by atoms with E-state index < -0.39 is 68.2 Å². The zero-order valence-corrected chi connectivity index (χ0v) is 32.6. The number of carbonyl (C=O) groups is 4. The zero-order valence-electron chi connectivity index (χ0n) is 31.8. The number of hydrogen-bond donors (Lipinski definition) is 3. The lowest BCUT2D eigenvalue weighted by Gasteiger charge is -2.35. The Morgan fingerprint density at radius 2 is 1.85 bits per heavy atom. The number of nitrogens with zero attached hydrogens (tertiary/aromatic N) is 2. The fraction of sp³-hybridized carbons (Fsp3) is 0.667. The Kier molecular flexibility index (Phi) is 10.2. The summed E-state index contributed by atoms with van der Waals surface area (Å²) in [6.45, 7) is 7.39. The number of benzene rings is 1. The van der Waals surface area contributed by atoms with Gasteiger partial charge in [0.1, 0.15) is 41.3 Å². The van der Waals surface area contributed by atoms with Gasteiger partial charge in [-0.25, -0.2) is 18.2 Å². The van der Waals surface area contributed by atoms with Crippen molar-refractivity contribution in [1.82, 2.24) is 25.2 Å². The fourth-order valence-electron chi connectivity index (χ4n) is 8.08. The van der Waals surface area contributed by atoms with Gasteiger partial charge in [-0.15, -0.1) is 0 Å². The normalized spacial score (nSPS) is 30.4. The van der Waals surface area contributed by atoms with E-state index in [1.807, 2.05) is 52.0 Å². The van der Waals surface area contributed by atoms with Crippen LogP contribution in [-0.4, -0.2) is 90.9 Å². The van der Waals surface area contributed by atoms with E-state index >= 15 is 0 Å². The van der Waals surface area contributed by atoms with Crippen LogP contribution in [0.5, 0.6) is 11.5 Å². The molecule has 7 rings (SSSR count). The molecule has 3 aliphatic carbocycles. The quantitative estimate of drug-likeness (QED) is 0.371. The summed E-state index contributed by atoms with van der Waals surface area (Å²) in [6, 6.07) is 5.46. The van der Waals surface area contributed by atoms with Crippen LogP contribution in [0.2, 0.25) is 0 Å². The van der Waals surface area contributed by atoms with Crippen molar-refractivity contribution in [1.29, 1.82) is 0 Å². The Hall–Kier alpha value is -4.14. The molecule has 0 unspecified atom stereocenters. The van der Waals surface area contributed by atoms with Gasteiger partial charge in [0, 0.05) is 11.8 Å². The summed E-state index contributed by atoms with van der Waals surface area (Å²) in [5, 5.41) is 5.93. The number of methoxy groups -OCH3 is 1. The van der Waals surface area contributed by atoms with Gasteiger partial charge in [0.2, 0.25) is 21.8 Å². The number of hydrogen-bond acceptors (Lipinski definition) is 10. The van der Waals surface area contributed by atoms with E-state index in [-0.39, 0.29) is 37.3 Å². The molecule has 1 saturated heterocycles. The van der Waals surface area contributed by atoms with E-state index in [2.05, 4.69) is 15.4 Å². The summed E-state index contributed by atoms with van der Waals surface area (Å²) in [5.74, 6) is -0.605. The fourth-order valence-corrected chi connectivity index (χ4v) is 9.44. The Bertz CT molecular complexity index is 1930. The van der Waals surface area contributed by atoms with Gasteiger partial charge in [-0.2, -0.15) is 0 Å². The number of carbonyl (C=O) groups excluding carboxylic acids is 4. The topological polar surface area (TPSA) is 182 Å². The smallest absolute Gasteiger partial charge is 0.408 e. The van der Waals surface area contributed by atoms with E-state index in [0.29, 0.717) is 37.2 Å². The Morgan fingerprint density at radius 1 is 1.07 bits per heavy atom. The highest BCUT2D eigenvalue weighted by atomic mass is 32.2. The Balaban J connectivity index is 1.21. The first-order chi connectivity index (χ1) is 25.6. The highest BCUT2D eigenvalue weighted by molar-refractivity contribution is 7.91. The van der Waals surface area contributed by atoms with Crippen molar-refractivity contribution < 1.29 is 41.8 Å². The molecule has 1 aromatic heterocycles. The number of nitrogens with one attached hydrogen (secondary N) is 3. The number of alkyl carbamates (subject to hydrolysis) is 1. The first-order valence-electron chi connectivity index (χ1n) is 19.4. The highest BCUT2D eigenvalue weighted by Crippen LogP contribution is 2.47. The summed E-state index contributed by atoms with van der Waals surface area (Å²) in [5.41, 5.74) is -0.613. The molecule has 4 amide bonds. The summed E-state index contributed by atoms with van der Waals surface area (Å²) in [7, 11) is -2.26. The minimum atomic E-state index is -3.86. The van der Waals surface area contributed by atoms with Crippen LogP contribution in [0.4, 0.5) is 4.79 Å². The minimum Gasteiger partial charge on any atom is -0.497 e. The first-order valence-corrected chi connectivity index (χ1v) is 21.0. The summed E-state index contributed by atoms with van der Waals surface area (Å²) in [4.78, 5) is 62.2. The van der Waals surface area contributed by atoms with Gasteiger partial charge < -0.3 is 29.7 Å². The molecule has 2 bridgehead atoms. The minimum absolute atomic E-state index is 0.0208. The molecule has 3 heterocycles. The van der Waals surface area contributed by atoms with Crippen LogP contribution in [0.25, 0.3) is 10.9 Å². The number of rotatable bonds is 7. The standard InChI is InChI=1S/C39H53N5O9S/c1-6-24-20-39(24,36(47)43-54(49,50)27-13-14-27)42-34(45)30-19-26-21-44(30)35(46)33(38(2,3)4)41-37(48)53-31-17-22(31)10-8-7-9-11-29-32(52-26)18-23-16-25(51-5)12-15-28(23)40-29/h12,15-16,18,22,24,26-27,30-31,33H,6-11,13-14,17,19-21H2,1-5H3,(H,41,48)(H,42,45)(H,43,47)/t22-,24+,26+,30-,31-,33+,39+/m0/s1. The van der Waals surface area contributed by atoms with Gasteiger partial charge in [-0.1, -0.05) is 47.0 Å². The maximum Gasteiger partial charge on any atom is 0.408 e. The molecule has 3 saturated carbocycles. The van der Waals surface area contributed by atoms with Crippen LogP contribution < -0.4 is 24.8 Å². The SMILES string of the molecule is CC[C@@H]1C[C@]1(NC(=O)[C@@H]1C[C@@H]2CN1C(=O)[C@H](C(C)(C)C)NC(=O)O[C@H]1C[C@@H]1CCCCCc1nc3ccc(OC)cc3cc1O2)C(=O)NS(=O)(=O)C1CC1. The predicted octanol–water partition coefficient (Wildman–Crippen LogP) is 4.13. The number of pyridine rings is 1. The third kappa shape index (κ3) is 7.97. The average Bonchev–Trinajstić information content (AvgIpc) is 4.04. The van der Waals surface area contributed by atoms with Crippen LogP contribution in [-0.2, 0) is 35.6 Å². The molecule has 5 aliphatic rings. The van der Waals surface area contributed by atoms with Gasteiger partial charge in [-0.3, -0.25) is 19.1 Å². The van der Waals surface area contributed by atoms with Crippen LogP contribution in [0.3, 0.4) is 0 Å². The summed E-state index contributed by atoms with van der Waals surface area (Å²) < 4.78 is 45.7. The van der Waals surface area contributed by atoms with E-state index in [1.54, 1.807) is 7.11 Å². The summed E-state index contributed by atoms with van der Waals surface area (Å²) >= 11 is 0. The second-order valence-corrected chi connectivity index (χ2v) is 18.9. The van der Waals surface area contributed by atoms with Gasteiger partial charge in [-0.05, 0) is 86.5 Å². The molecular formula is C39H53N5O9S.